The number of rotatable bonds is 6. The number of amides is 2. The summed E-state index contributed by atoms with van der Waals surface area (Å²) >= 11 is 0. The lowest BCUT2D eigenvalue weighted by molar-refractivity contribution is -0.117. The molecule has 6 nitrogen and oxygen atoms in total. The molecule has 0 aliphatic carbocycles. The fraction of sp³-hybridized carbons (Fsp3) is 0.176. The van der Waals surface area contributed by atoms with E-state index >= 15 is 0 Å². The van der Waals surface area contributed by atoms with Crippen molar-refractivity contribution in [3.63, 3.8) is 0 Å². The van der Waals surface area contributed by atoms with E-state index in [9.17, 15) is 14.0 Å². The minimum absolute atomic E-state index is 0.0344. The molecule has 0 radical (unpaired) electrons. The largest absolute Gasteiger partial charge is 0.495 e. The third-order valence-electron chi connectivity index (χ3n) is 3.27. The van der Waals surface area contributed by atoms with Crippen LogP contribution >= 0.6 is 0 Å². The van der Waals surface area contributed by atoms with Crippen molar-refractivity contribution in [2.24, 2.45) is 5.73 Å². The van der Waals surface area contributed by atoms with Crippen molar-refractivity contribution in [2.75, 3.05) is 24.3 Å². The van der Waals surface area contributed by atoms with Gasteiger partial charge in [-0.3, -0.25) is 4.79 Å². The molecule has 2 aromatic carbocycles. The van der Waals surface area contributed by atoms with Gasteiger partial charge in [0.2, 0.25) is 0 Å². The van der Waals surface area contributed by atoms with Crippen LogP contribution in [0.3, 0.4) is 0 Å². The van der Waals surface area contributed by atoms with E-state index in [1.807, 2.05) is 0 Å². The Morgan fingerprint density at radius 2 is 1.83 bits per heavy atom. The van der Waals surface area contributed by atoms with Gasteiger partial charge in [-0.25, -0.2) is 9.18 Å². The van der Waals surface area contributed by atoms with E-state index in [1.54, 1.807) is 24.3 Å². The number of ketones is 1. The number of nitrogens with one attached hydrogen (secondary N) is 2. The molecule has 0 aliphatic rings. The zero-order chi connectivity index (χ0) is 17.5. The first-order chi connectivity index (χ1) is 11.5. The van der Waals surface area contributed by atoms with Gasteiger partial charge in [0.25, 0.3) is 0 Å². The van der Waals surface area contributed by atoms with E-state index in [1.165, 1.54) is 25.3 Å². The number of nitrogens with two attached hydrogens (primary N) is 1. The summed E-state index contributed by atoms with van der Waals surface area (Å²) < 4.78 is 18.7. The Kier molecular flexibility index (Phi) is 5.86. The molecule has 0 heterocycles. The molecule has 0 saturated carbocycles. The van der Waals surface area contributed by atoms with E-state index in [0.29, 0.717) is 11.4 Å². The highest BCUT2D eigenvalue weighted by Gasteiger charge is 2.11. The van der Waals surface area contributed by atoms with Crippen LogP contribution in [0.15, 0.2) is 42.5 Å². The number of para-hydroxylation sites is 1. The van der Waals surface area contributed by atoms with Crippen LogP contribution in [0.2, 0.25) is 0 Å². The summed E-state index contributed by atoms with van der Waals surface area (Å²) in [6.07, 6.45) is 0.189. The molecule has 0 aliphatic heterocycles. The van der Waals surface area contributed by atoms with E-state index in [-0.39, 0.29) is 24.4 Å². The van der Waals surface area contributed by atoms with E-state index in [2.05, 4.69) is 10.6 Å². The first kappa shape index (κ1) is 17.4. The number of urea groups is 1. The number of hydrogen-bond donors (Lipinski definition) is 3. The van der Waals surface area contributed by atoms with Crippen LogP contribution in [0.5, 0.6) is 5.75 Å². The quantitative estimate of drug-likeness (QED) is 0.758. The number of benzene rings is 2. The Balaban J connectivity index is 2.10. The molecule has 0 saturated heterocycles. The predicted molar refractivity (Wildman–Crippen MR) is 89.8 cm³/mol. The van der Waals surface area contributed by atoms with Gasteiger partial charge in [-0.15, -0.1) is 0 Å². The van der Waals surface area contributed by atoms with Crippen molar-refractivity contribution in [3.8, 4) is 5.75 Å². The minimum atomic E-state index is -0.607. The normalized spacial score (nSPS) is 10.1. The van der Waals surface area contributed by atoms with Gasteiger partial charge in [-0.05, 0) is 29.8 Å². The molecular formula is C17H18FN3O3. The van der Waals surface area contributed by atoms with E-state index in [0.717, 1.165) is 5.56 Å². The second kappa shape index (κ2) is 8.07. The van der Waals surface area contributed by atoms with Crippen LogP contribution in [-0.2, 0) is 11.2 Å². The van der Waals surface area contributed by atoms with Crippen LogP contribution in [0.25, 0.3) is 0 Å². The first-order valence-corrected chi connectivity index (χ1v) is 7.24. The van der Waals surface area contributed by atoms with Gasteiger partial charge in [-0.2, -0.15) is 0 Å². The van der Waals surface area contributed by atoms with Crippen molar-refractivity contribution < 1.29 is 18.7 Å². The highest BCUT2D eigenvalue weighted by Crippen LogP contribution is 2.26. The number of carbonyl (C=O) groups excluding carboxylic acids is 2. The maximum Gasteiger partial charge on any atom is 0.323 e. The fourth-order valence-corrected chi connectivity index (χ4v) is 2.09. The molecule has 0 fully saturated rings. The predicted octanol–water partition coefficient (Wildman–Crippen LogP) is 2.55. The highest BCUT2D eigenvalue weighted by molar-refractivity contribution is 6.00. The lowest BCUT2D eigenvalue weighted by Gasteiger charge is -2.13. The monoisotopic (exact) mass is 331 g/mol. The molecule has 24 heavy (non-hydrogen) atoms. The van der Waals surface area contributed by atoms with Crippen molar-refractivity contribution in [2.45, 2.75) is 6.42 Å². The lowest BCUT2D eigenvalue weighted by atomic mass is 10.1. The Morgan fingerprint density at radius 1 is 1.12 bits per heavy atom. The molecule has 4 N–H and O–H groups in total. The summed E-state index contributed by atoms with van der Waals surface area (Å²) in [5, 5.41) is 5.00. The summed E-state index contributed by atoms with van der Waals surface area (Å²) in [5.41, 5.74) is 6.49. The van der Waals surface area contributed by atoms with Crippen LogP contribution in [0.1, 0.15) is 5.56 Å². The van der Waals surface area contributed by atoms with Crippen molar-refractivity contribution in [1.82, 2.24) is 0 Å². The van der Waals surface area contributed by atoms with Crippen LogP contribution in [0, 0.1) is 5.82 Å². The van der Waals surface area contributed by atoms with Gasteiger partial charge < -0.3 is 21.1 Å². The first-order valence-electron chi connectivity index (χ1n) is 7.24. The van der Waals surface area contributed by atoms with Crippen LogP contribution in [0.4, 0.5) is 20.6 Å². The Bertz CT molecular complexity index is 750. The second-order valence-electron chi connectivity index (χ2n) is 5.01. The highest BCUT2D eigenvalue weighted by atomic mass is 19.1. The number of halogens is 1. The number of ether oxygens (including phenoxy) is 1. The Hall–Kier alpha value is -2.93. The molecule has 0 spiro atoms. The molecule has 2 amide bonds. The van der Waals surface area contributed by atoms with E-state index in [4.69, 9.17) is 10.5 Å². The molecule has 0 atom stereocenters. The molecule has 0 aromatic heterocycles. The van der Waals surface area contributed by atoms with Crippen LogP contribution < -0.4 is 21.1 Å². The van der Waals surface area contributed by atoms with Gasteiger partial charge in [0.15, 0.2) is 5.78 Å². The topological polar surface area (TPSA) is 93.4 Å². The Morgan fingerprint density at radius 3 is 2.50 bits per heavy atom. The number of hydrogen-bond acceptors (Lipinski definition) is 4. The van der Waals surface area contributed by atoms with Gasteiger partial charge >= 0.3 is 6.03 Å². The summed E-state index contributed by atoms with van der Waals surface area (Å²) in [5.74, 6) is -0.244. The zero-order valence-corrected chi connectivity index (χ0v) is 13.1. The molecule has 7 heteroatoms. The molecule has 126 valence electrons. The molecule has 2 aromatic rings. The molecular weight excluding hydrogens is 313 g/mol. The SMILES string of the molecule is COc1cc(CC(=O)CN)ccc1NC(=O)Nc1ccccc1F. The smallest absolute Gasteiger partial charge is 0.323 e. The van der Waals surface area contributed by atoms with Gasteiger partial charge in [0.1, 0.15) is 11.6 Å². The van der Waals surface area contributed by atoms with Crippen molar-refractivity contribution >= 4 is 23.2 Å². The summed E-state index contributed by atoms with van der Waals surface area (Å²) in [7, 11) is 1.45. The summed E-state index contributed by atoms with van der Waals surface area (Å²) in [6, 6.07) is 10.2. The fourth-order valence-electron chi connectivity index (χ4n) is 2.09. The van der Waals surface area contributed by atoms with Gasteiger partial charge in [-0.1, -0.05) is 18.2 Å². The summed E-state index contributed by atoms with van der Waals surface area (Å²) in [4.78, 5) is 23.4. The number of anilines is 2. The molecule has 2 rings (SSSR count). The third kappa shape index (κ3) is 4.53. The zero-order valence-electron chi connectivity index (χ0n) is 13.1. The maximum absolute atomic E-state index is 13.5. The van der Waals surface area contributed by atoms with Crippen molar-refractivity contribution in [3.05, 3.63) is 53.8 Å². The van der Waals surface area contributed by atoms with Crippen LogP contribution in [-0.4, -0.2) is 25.5 Å². The van der Waals surface area contributed by atoms with Gasteiger partial charge in [0, 0.05) is 6.42 Å². The number of Topliss-reactive ketones (excluding diaryl/α,β-unsaturated/α-hetero) is 1. The van der Waals surface area contributed by atoms with Gasteiger partial charge in [0.05, 0.1) is 25.0 Å². The standard InChI is InChI=1S/C17H18FN3O3/c1-24-16-9-11(8-12(22)10-19)6-7-15(16)21-17(23)20-14-5-3-2-4-13(14)18/h2-7,9H,8,10,19H2,1H3,(H2,20,21,23). The van der Waals surface area contributed by atoms with E-state index < -0.39 is 11.8 Å². The number of carbonyl (C=O) groups is 2. The second-order valence-corrected chi connectivity index (χ2v) is 5.01. The van der Waals surface area contributed by atoms with Crippen molar-refractivity contribution in [1.29, 1.82) is 0 Å². The summed E-state index contributed by atoms with van der Waals surface area (Å²) in [6.45, 7) is -0.0344. The lowest BCUT2D eigenvalue weighted by Crippen LogP contribution is -2.20. The average molecular weight is 331 g/mol. The molecule has 0 bridgehead atoms. The Labute approximate surface area is 138 Å². The number of methoxy groups -OCH3 is 1. The maximum atomic E-state index is 13.5. The third-order valence-corrected chi connectivity index (χ3v) is 3.27. The minimum Gasteiger partial charge on any atom is -0.495 e. The average Bonchev–Trinajstić information content (AvgIpc) is 2.58. The molecule has 0 unspecified atom stereocenters.